The van der Waals surface area contributed by atoms with Crippen LogP contribution in [0.3, 0.4) is 0 Å². The zero-order valence-corrected chi connectivity index (χ0v) is 6.87. The van der Waals surface area contributed by atoms with Gasteiger partial charge in [-0.25, -0.2) is 0 Å². The summed E-state index contributed by atoms with van der Waals surface area (Å²) in [6.45, 7) is 12.6. The van der Waals surface area contributed by atoms with Gasteiger partial charge in [-0.1, -0.05) is 24.8 Å². The summed E-state index contributed by atoms with van der Waals surface area (Å²) in [7, 11) is 0. The molecule has 0 unspecified atom stereocenters. The second kappa shape index (κ2) is 6.87. The van der Waals surface area contributed by atoms with Crippen LogP contribution in [-0.4, -0.2) is 18.0 Å². The van der Waals surface area contributed by atoms with E-state index < -0.39 is 0 Å². The van der Waals surface area contributed by atoms with Crippen molar-refractivity contribution >= 4 is 0 Å². The summed E-state index contributed by atoms with van der Waals surface area (Å²) in [4.78, 5) is 2.08. The van der Waals surface area contributed by atoms with Gasteiger partial charge >= 0.3 is 0 Å². The first kappa shape index (κ1) is 9.76. The predicted octanol–water partition coefficient (Wildman–Crippen LogP) is 2.36. The number of allylic oxidation sites excluding steroid dienone is 2. The van der Waals surface area contributed by atoms with Crippen molar-refractivity contribution in [2.75, 3.05) is 13.1 Å². The molecule has 0 rings (SSSR count). The lowest BCUT2D eigenvalue weighted by atomic mass is 10.4. The Bertz CT molecular complexity index is 146. The van der Waals surface area contributed by atoms with E-state index in [1.807, 2.05) is 24.4 Å². The van der Waals surface area contributed by atoms with Gasteiger partial charge in [0.1, 0.15) is 0 Å². The normalized spacial score (nSPS) is 9.45. The molecule has 0 bridgehead atoms. The van der Waals surface area contributed by atoms with Crippen LogP contribution in [0.25, 0.3) is 0 Å². The highest BCUT2D eigenvalue weighted by Crippen LogP contribution is 1.90. The van der Waals surface area contributed by atoms with E-state index in [0.29, 0.717) is 0 Å². The van der Waals surface area contributed by atoms with E-state index in [-0.39, 0.29) is 0 Å². The Kier molecular flexibility index (Phi) is 6.10. The topological polar surface area (TPSA) is 3.24 Å². The molecule has 0 aliphatic rings. The maximum Gasteiger partial charge on any atom is 0.0354 e. The molecular weight excluding hydrogens is 134 g/mol. The molecule has 0 amide bonds. The molecule has 0 aliphatic heterocycles. The average molecular weight is 149 g/mol. The zero-order chi connectivity index (χ0) is 8.53. The zero-order valence-electron chi connectivity index (χ0n) is 6.87. The maximum absolute atomic E-state index is 3.66. The largest absolute Gasteiger partial charge is 0.370 e. The second-order valence-corrected chi connectivity index (χ2v) is 2.11. The SMILES string of the molecule is C=CC=CN(CC=C)CC=C. The molecule has 0 aliphatic carbocycles. The third kappa shape index (κ3) is 5.22. The lowest BCUT2D eigenvalue weighted by Gasteiger charge is -2.14. The highest BCUT2D eigenvalue weighted by molar-refractivity contribution is 4.99. The first-order chi connectivity index (χ1) is 5.35. The molecule has 0 N–H and O–H groups in total. The van der Waals surface area contributed by atoms with E-state index in [4.69, 9.17) is 0 Å². The van der Waals surface area contributed by atoms with Gasteiger partial charge < -0.3 is 4.90 Å². The van der Waals surface area contributed by atoms with Gasteiger partial charge in [-0.2, -0.15) is 0 Å². The van der Waals surface area contributed by atoms with E-state index in [1.165, 1.54) is 0 Å². The van der Waals surface area contributed by atoms with Crippen molar-refractivity contribution in [2.45, 2.75) is 0 Å². The van der Waals surface area contributed by atoms with E-state index in [1.54, 1.807) is 6.08 Å². The van der Waals surface area contributed by atoms with Crippen molar-refractivity contribution in [3.05, 3.63) is 50.2 Å². The van der Waals surface area contributed by atoms with Crippen LogP contribution in [0, 0.1) is 0 Å². The summed E-state index contributed by atoms with van der Waals surface area (Å²) >= 11 is 0. The molecule has 1 nitrogen and oxygen atoms in total. The Balaban J connectivity index is 3.85. The van der Waals surface area contributed by atoms with Crippen molar-refractivity contribution in [1.29, 1.82) is 0 Å². The molecule has 0 aromatic heterocycles. The summed E-state index contributed by atoms with van der Waals surface area (Å²) in [6.07, 6.45) is 9.33. The van der Waals surface area contributed by atoms with Crippen molar-refractivity contribution < 1.29 is 0 Å². The Hall–Kier alpha value is -1.24. The molecule has 60 valence electrons. The quantitative estimate of drug-likeness (QED) is 0.414. The third-order valence-electron chi connectivity index (χ3n) is 1.16. The fraction of sp³-hybridized carbons (Fsp3) is 0.200. The average Bonchev–Trinajstić information content (AvgIpc) is 2.01. The van der Waals surface area contributed by atoms with Gasteiger partial charge in [-0.3, -0.25) is 0 Å². The minimum Gasteiger partial charge on any atom is -0.370 e. The fourth-order valence-corrected chi connectivity index (χ4v) is 0.710. The molecule has 1 heteroatoms. The molecule has 0 aromatic rings. The summed E-state index contributed by atoms with van der Waals surface area (Å²) in [6, 6.07) is 0. The summed E-state index contributed by atoms with van der Waals surface area (Å²) in [5.74, 6) is 0. The molecule has 0 spiro atoms. The lowest BCUT2D eigenvalue weighted by molar-refractivity contribution is 0.463. The molecular formula is C10H15N. The monoisotopic (exact) mass is 149 g/mol. The van der Waals surface area contributed by atoms with Gasteiger partial charge in [0, 0.05) is 13.1 Å². The molecule has 0 fully saturated rings. The number of nitrogens with zero attached hydrogens (tertiary/aromatic N) is 1. The van der Waals surface area contributed by atoms with Crippen LogP contribution in [0.4, 0.5) is 0 Å². The van der Waals surface area contributed by atoms with Crippen molar-refractivity contribution in [1.82, 2.24) is 4.90 Å². The van der Waals surface area contributed by atoms with E-state index in [9.17, 15) is 0 Å². The molecule has 0 saturated heterocycles. The minimum atomic E-state index is 0.844. The second-order valence-electron chi connectivity index (χ2n) is 2.11. The lowest BCUT2D eigenvalue weighted by Crippen LogP contribution is -2.16. The van der Waals surface area contributed by atoms with Gasteiger partial charge in [0.2, 0.25) is 0 Å². The van der Waals surface area contributed by atoms with Crippen LogP contribution in [-0.2, 0) is 0 Å². The Morgan fingerprint density at radius 3 is 1.91 bits per heavy atom. The fourth-order valence-electron chi connectivity index (χ4n) is 0.710. The molecule has 0 aromatic carbocycles. The molecule has 0 heterocycles. The van der Waals surface area contributed by atoms with Gasteiger partial charge in [0.25, 0.3) is 0 Å². The predicted molar refractivity (Wildman–Crippen MR) is 51.3 cm³/mol. The standard InChI is InChI=1S/C10H15N/c1-4-7-10-11(8-5-2)9-6-3/h4-7,10H,1-3,8-9H2. The number of hydrogen-bond donors (Lipinski definition) is 0. The number of rotatable bonds is 6. The van der Waals surface area contributed by atoms with E-state index >= 15 is 0 Å². The highest BCUT2D eigenvalue weighted by atomic mass is 15.1. The number of hydrogen-bond acceptors (Lipinski definition) is 1. The van der Waals surface area contributed by atoms with E-state index in [2.05, 4.69) is 24.6 Å². The van der Waals surface area contributed by atoms with Crippen molar-refractivity contribution in [2.24, 2.45) is 0 Å². The highest BCUT2D eigenvalue weighted by Gasteiger charge is 1.89. The third-order valence-corrected chi connectivity index (χ3v) is 1.16. The van der Waals surface area contributed by atoms with E-state index in [0.717, 1.165) is 13.1 Å². The Morgan fingerprint density at radius 2 is 1.55 bits per heavy atom. The molecule has 0 saturated carbocycles. The summed E-state index contributed by atoms with van der Waals surface area (Å²) < 4.78 is 0. The first-order valence-corrected chi connectivity index (χ1v) is 3.60. The van der Waals surface area contributed by atoms with Crippen LogP contribution in [0.1, 0.15) is 0 Å². The van der Waals surface area contributed by atoms with Gasteiger partial charge in [-0.05, 0) is 12.3 Å². The van der Waals surface area contributed by atoms with Gasteiger partial charge in [0.05, 0.1) is 0 Å². The summed E-state index contributed by atoms with van der Waals surface area (Å²) in [5.41, 5.74) is 0. The molecule has 0 radical (unpaired) electrons. The van der Waals surface area contributed by atoms with Gasteiger partial charge in [-0.15, -0.1) is 13.2 Å². The van der Waals surface area contributed by atoms with Gasteiger partial charge in [0.15, 0.2) is 0 Å². The van der Waals surface area contributed by atoms with Crippen LogP contribution in [0.5, 0.6) is 0 Å². The smallest absolute Gasteiger partial charge is 0.0354 e. The van der Waals surface area contributed by atoms with Crippen LogP contribution in [0.2, 0.25) is 0 Å². The Labute approximate surface area is 69.0 Å². The maximum atomic E-state index is 3.66. The Morgan fingerprint density at radius 1 is 1.00 bits per heavy atom. The molecule has 0 atom stereocenters. The first-order valence-electron chi connectivity index (χ1n) is 3.60. The summed E-state index contributed by atoms with van der Waals surface area (Å²) in [5, 5.41) is 0. The molecule has 11 heavy (non-hydrogen) atoms. The van der Waals surface area contributed by atoms with Crippen LogP contribution in [0.15, 0.2) is 50.2 Å². The van der Waals surface area contributed by atoms with Crippen molar-refractivity contribution in [3.8, 4) is 0 Å². The van der Waals surface area contributed by atoms with Crippen molar-refractivity contribution in [3.63, 3.8) is 0 Å². The van der Waals surface area contributed by atoms with Crippen LogP contribution < -0.4 is 0 Å². The minimum absolute atomic E-state index is 0.844. The van der Waals surface area contributed by atoms with Crippen LogP contribution >= 0.6 is 0 Å².